The lowest BCUT2D eigenvalue weighted by atomic mass is 10.1. The minimum Gasteiger partial charge on any atom is -0.478 e. The molecule has 108 valence electrons. The second-order valence-electron chi connectivity index (χ2n) is 4.42. The molecule has 4 nitrogen and oxygen atoms in total. The van der Waals surface area contributed by atoms with Crippen LogP contribution in [0, 0.1) is 0 Å². The van der Waals surface area contributed by atoms with Crippen LogP contribution in [0.15, 0.2) is 48.5 Å². The molecule has 0 fully saturated rings. The van der Waals surface area contributed by atoms with E-state index in [4.69, 9.17) is 21.4 Å². The number of halogens is 1. The first-order chi connectivity index (χ1) is 10.0. The molecule has 0 amide bonds. The highest BCUT2D eigenvalue weighted by molar-refractivity contribution is 6.31. The molecule has 0 bridgehead atoms. The predicted octanol–water partition coefficient (Wildman–Crippen LogP) is 3.96. The maximum Gasteiger partial charge on any atom is 0.339 e. The van der Waals surface area contributed by atoms with Crippen LogP contribution in [0.25, 0.3) is 0 Å². The third-order valence-electron chi connectivity index (χ3n) is 3.00. The number of hydrogen-bond donors (Lipinski definition) is 1. The van der Waals surface area contributed by atoms with E-state index in [1.807, 2.05) is 0 Å². The molecular formula is C16H13ClO4. The molecule has 2 rings (SSSR count). The third kappa shape index (κ3) is 3.41. The van der Waals surface area contributed by atoms with Gasteiger partial charge in [-0.05, 0) is 25.1 Å². The Morgan fingerprint density at radius 1 is 1.05 bits per heavy atom. The normalized spacial score (nSPS) is 11.7. The minimum atomic E-state index is -1.17. The number of aromatic carboxylic acids is 1. The van der Waals surface area contributed by atoms with E-state index >= 15 is 0 Å². The van der Waals surface area contributed by atoms with Crippen molar-refractivity contribution in [3.63, 3.8) is 0 Å². The molecule has 0 aliphatic heterocycles. The summed E-state index contributed by atoms with van der Waals surface area (Å²) in [5.41, 5.74) is 0.595. The molecule has 5 heteroatoms. The van der Waals surface area contributed by atoms with Gasteiger partial charge in [0, 0.05) is 10.6 Å². The van der Waals surface area contributed by atoms with Crippen LogP contribution in [0.2, 0.25) is 5.02 Å². The number of hydrogen-bond acceptors (Lipinski definition) is 3. The SMILES string of the molecule is CC(OC(=O)c1ccccc1C(=O)O)c1ccccc1Cl. The van der Waals surface area contributed by atoms with Crippen molar-refractivity contribution in [2.45, 2.75) is 13.0 Å². The number of esters is 1. The van der Waals surface area contributed by atoms with E-state index in [9.17, 15) is 9.59 Å². The summed E-state index contributed by atoms with van der Waals surface area (Å²) < 4.78 is 5.31. The molecule has 0 saturated heterocycles. The van der Waals surface area contributed by atoms with E-state index in [1.165, 1.54) is 12.1 Å². The van der Waals surface area contributed by atoms with Gasteiger partial charge in [-0.25, -0.2) is 9.59 Å². The minimum absolute atomic E-state index is 0.0175. The van der Waals surface area contributed by atoms with Gasteiger partial charge in [0.1, 0.15) is 6.10 Å². The molecule has 0 aliphatic carbocycles. The van der Waals surface area contributed by atoms with Crippen molar-refractivity contribution in [1.29, 1.82) is 0 Å². The Kier molecular flexibility index (Phi) is 4.60. The first kappa shape index (κ1) is 15.1. The fourth-order valence-electron chi connectivity index (χ4n) is 1.94. The average Bonchev–Trinajstić information content (AvgIpc) is 2.47. The highest BCUT2D eigenvalue weighted by Gasteiger charge is 2.20. The van der Waals surface area contributed by atoms with Crippen LogP contribution in [-0.2, 0) is 4.74 Å². The quantitative estimate of drug-likeness (QED) is 0.868. The monoisotopic (exact) mass is 304 g/mol. The van der Waals surface area contributed by atoms with Gasteiger partial charge in [-0.1, -0.05) is 41.9 Å². The van der Waals surface area contributed by atoms with Gasteiger partial charge in [0.15, 0.2) is 0 Å². The standard InChI is InChI=1S/C16H13ClO4/c1-10(11-6-4-5-9-14(11)17)21-16(20)13-8-3-2-7-12(13)15(18)19/h2-10H,1H3,(H,18,19). The molecular weight excluding hydrogens is 292 g/mol. The number of rotatable bonds is 4. The number of benzene rings is 2. The second-order valence-corrected chi connectivity index (χ2v) is 4.83. The van der Waals surface area contributed by atoms with Crippen LogP contribution >= 0.6 is 11.6 Å². The summed E-state index contributed by atoms with van der Waals surface area (Å²) in [7, 11) is 0. The summed E-state index contributed by atoms with van der Waals surface area (Å²) in [6.45, 7) is 1.68. The Labute approximate surface area is 126 Å². The van der Waals surface area contributed by atoms with Gasteiger partial charge in [-0.15, -0.1) is 0 Å². The zero-order valence-corrected chi connectivity index (χ0v) is 12.0. The molecule has 2 aromatic rings. The number of carbonyl (C=O) groups excluding carboxylic acids is 1. The zero-order valence-electron chi connectivity index (χ0n) is 11.2. The van der Waals surface area contributed by atoms with E-state index < -0.39 is 18.0 Å². The molecule has 1 atom stereocenters. The van der Waals surface area contributed by atoms with Gasteiger partial charge in [-0.3, -0.25) is 0 Å². The summed E-state index contributed by atoms with van der Waals surface area (Å²) in [5, 5.41) is 9.57. The summed E-state index contributed by atoms with van der Waals surface area (Å²) >= 11 is 6.04. The molecule has 0 heterocycles. The predicted molar refractivity (Wildman–Crippen MR) is 78.7 cm³/mol. The summed E-state index contributed by atoms with van der Waals surface area (Å²) in [5.74, 6) is -1.87. The Morgan fingerprint density at radius 2 is 1.62 bits per heavy atom. The molecule has 1 unspecified atom stereocenters. The Morgan fingerprint density at radius 3 is 2.24 bits per heavy atom. The fourth-order valence-corrected chi connectivity index (χ4v) is 2.23. The number of carboxylic acid groups (broad SMARTS) is 1. The van der Waals surface area contributed by atoms with E-state index in [-0.39, 0.29) is 11.1 Å². The van der Waals surface area contributed by atoms with Gasteiger partial charge < -0.3 is 9.84 Å². The second kappa shape index (κ2) is 6.41. The smallest absolute Gasteiger partial charge is 0.339 e. The molecule has 2 aromatic carbocycles. The average molecular weight is 305 g/mol. The summed E-state index contributed by atoms with van der Waals surface area (Å²) in [4.78, 5) is 23.2. The van der Waals surface area contributed by atoms with Crippen molar-refractivity contribution in [2.75, 3.05) is 0 Å². The van der Waals surface area contributed by atoms with Crippen molar-refractivity contribution >= 4 is 23.5 Å². The Balaban J connectivity index is 2.23. The molecule has 0 saturated carbocycles. The highest BCUT2D eigenvalue weighted by atomic mass is 35.5. The van der Waals surface area contributed by atoms with E-state index in [0.29, 0.717) is 10.6 Å². The van der Waals surface area contributed by atoms with Crippen LogP contribution in [0.1, 0.15) is 39.3 Å². The summed E-state index contributed by atoms with van der Waals surface area (Å²) in [6.07, 6.45) is -0.576. The Hall–Kier alpha value is -2.33. The largest absolute Gasteiger partial charge is 0.478 e. The van der Waals surface area contributed by atoms with Crippen molar-refractivity contribution < 1.29 is 19.4 Å². The number of carbonyl (C=O) groups is 2. The molecule has 1 N–H and O–H groups in total. The first-order valence-corrected chi connectivity index (χ1v) is 6.66. The van der Waals surface area contributed by atoms with Gasteiger partial charge in [-0.2, -0.15) is 0 Å². The lowest BCUT2D eigenvalue weighted by molar-refractivity contribution is 0.0332. The first-order valence-electron chi connectivity index (χ1n) is 6.28. The van der Waals surface area contributed by atoms with Gasteiger partial charge in [0.2, 0.25) is 0 Å². The number of carboxylic acids is 1. The van der Waals surface area contributed by atoms with Gasteiger partial charge >= 0.3 is 11.9 Å². The molecule has 0 aromatic heterocycles. The van der Waals surface area contributed by atoms with Crippen LogP contribution in [0.3, 0.4) is 0 Å². The molecule has 0 spiro atoms. The maximum atomic E-state index is 12.1. The van der Waals surface area contributed by atoms with E-state index in [2.05, 4.69) is 0 Å². The third-order valence-corrected chi connectivity index (χ3v) is 3.35. The van der Waals surface area contributed by atoms with Crippen LogP contribution < -0.4 is 0 Å². The van der Waals surface area contributed by atoms with Crippen molar-refractivity contribution in [2.24, 2.45) is 0 Å². The maximum absolute atomic E-state index is 12.1. The molecule has 0 radical (unpaired) electrons. The molecule has 21 heavy (non-hydrogen) atoms. The number of ether oxygens (including phenoxy) is 1. The van der Waals surface area contributed by atoms with Crippen LogP contribution in [0.5, 0.6) is 0 Å². The van der Waals surface area contributed by atoms with E-state index in [0.717, 1.165) is 0 Å². The Bertz CT molecular complexity index is 681. The molecule has 0 aliphatic rings. The lowest BCUT2D eigenvalue weighted by Gasteiger charge is -2.15. The van der Waals surface area contributed by atoms with Gasteiger partial charge in [0.25, 0.3) is 0 Å². The zero-order chi connectivity index (χ0) is 15.4. The van der Waals surface area contributed by atoms with Crippen LogP contribution in [-0.4, -0.2) is 17.0 Å². The lowest BCUT2D eigenvalue weighted by Crippen LogP contribution is -2.13. The van der Waals surface area contributed by atoms with Crippen molar-refractivity contribution in [3.8, 4) is 0 Å². The van der Waals surface area contributed by atoms with Crippen LogP contribution in [0.4, 0.5) is 0 Å². The van der Waals surface area contributed by atoms with Crippen molar-refractivity contribution in [1.82, 2.24) is 0 Å². The van der Waals surface area contributed by atoms with E-state index in [1.54, 1.807) is 43.3 Å². The topological polar surface area (TPSA) is 63.6 Å². The fraction of sp³-hybridized carbons (Fsp3) is 0.125. The summed E-state index contributed by atoms with van der Waals surface area (Å²) in [6, 6.07) is 12.9. The van der Waals surface area contributed by atoms with Crippen molar-refractivity contribution in [3.05, 3.63) is 70.2 Å². The highest BCUT2D eigenvalue weighted by Crippen LogP contribution is 2.26. The van der Waals surface area contributed by atoms with Gasteiger partial charge in [0.05, 0.1) is 11.1 Å².